The highest BCUT2D eigenvalue weighted by atomic mass is 16.5. The molecule has 2 amide bonds. The van der Waals surface area contributed by atoms with Gasteiger partial charge in [-0.15, -0.1) is 0 Å². The molecule has 2 heterocycles. The molecule has 1 aromatic carbocycles. The van der Waals surface area contributed by atoms with Gasteiger partial charge in [0.25, 0.3) is 0 Å². The molecule has 2 atom stereocenters. The van der Waals surface area contributed by atoms with Gasteiger partial charge < -0.3 is 20.3 Å². The minimum atomic E-state index is -0.0207. The average Bonchev–Trinajstić information content (AvgIpc) is 2.64. The topological polar surface area (TPSA) is 53.6 Å². The van der Waals surface area contributed by atoms with Crippen LogP contribution < -0.4 is 10.6 Å². The van der Waals surface area contributed by atoms with E-state index in [1.807, 2.05) is 18.2 Å². The number of rotatable bonds is 5. The number of carbonyl (C=O) groups is 1. The molecular formula is C20H31N3O2. The predicted molar refractivity (Wildman–Crippen MR) is 99.6 cm³/mol. The van der Waals surface area contributed by atoms with Crippen molar-refractivity contribution in [3.05, 3.63) is 35.9 Å². The van der Waals surface area contributed by atoms with Crippen molar-refractivity contribution in [3.63, 3.8) is 0 Å². The van der Waals surface area contributed by atoms with E-state index in [-0.39, 0.29) is 18.2 Å². The van der Waals surface area contributed by atoms with Gasteiger partial charge in [-0.25, -0.2) is 4.79 Å². The average molecular weight is 345 g/mol. The Hall–Kier alpha value is -1.59. The largest absolute Gasteiger partial charge is 0.373 e. The normalized spacial score (nSPS) is 25.5. The first-order valence-electron chi connectivity index (χ1n) is 9.70. The number of likely N-dealkylation sites (tertiary alicyclic amines) is 1. The molecule has 138 valence electrons. The number of urea groups is 1. The minimum Gasteiger partial charge on any atom is -0.373 e. The molecule has 0 radical (unpaired) electrons. The third-order valence-corrected chi connectivity index (χ3v) is 5.25. The van der Waals surface area contributed by atoms with Crippen LogP contribution in [-0.2, 0) is 4.74 Å². The third-order valence-electron chi connectivity index (χ3n) is 5.25. The van der Waals surface area contributed by atoms with E-state index in [0.29, 0.717) is 12.6 Å². The van der Waals surface area contributed by atoms with Crippen LogP contribution in [0.15, 0.2) is 30.3 Å². The number of amides is 2. The lowest BCUT2D eigenvalue weighted by molar-refractivity contribution is 0.00217. The Kier molecular flexibility index (Phi) is 6.70. The zero-order chi connectivity index (χ0) is 17.5. The van der Waals surface area contributed by atoms with Crippen LogP contribution >= 0.6 is 0 Å². The first-order chi connectivity index (χ1) is 12.2. The van der Waals surface area contributed by atoms with Gasteiger partial charge in [-0.1, -0.05) is 37.3 Å². The van der Waals surface area contributed by atoms with E-state index in [2.05, 4.69) is 34.6 Å². The fourth-order valence-electron chi connectivity index (χ4n) is 3.86. The van der Waals surface area contributed by atoms with Crippen LogP contribution in [0.4, 0.5) is 4.79 Å². The molecule has 0 aliphatic carbocycles. The summed E-state index contributed by atoms with van der Waals surface area (Å²) in [6.07, 6.45) is 5.10. The lowest BCUT2D eigenvalue weighted by atomic mass is 9.97. The Morgan fingerprint density at radius 2 is 1.84 bits per heavy atom. The Bertz CT molecular complexity index is 529. The monoisotopic (exact) mass is 345 g/mol. The molecule has 2 aliphatic heterocycles. The molecule has 1 aromatic rings. The fraction of sp³-hybridized carbons (Fsp3) is 0.650. The lowest BCUT2D eigenvalue weighted by Crippen LogP contribution is -2.51. The van der Waals surface area contributed by atoms with Crippen molar-refractivity contribution in [2.24, 2.45) is 0 Å². The smallest absolute Gasteiger partial charge is 0.315 e. The van der Waals surface area contributed by atoms with Crippen LogP contribution in [0, 0.1) is 0 Å². The predicted octanol–water partition coefficient (Wildman–Crippen LogP) is 3.08. The van der Waals surface area contributed by atoms with E-state index in [4.69, 9.17) is 4.74 Å². The van der Waals surface area contributed by atoms with Crippen LogP contribution in [-0.4, -0.2) is 49.3 Å². The van der Waals surface area contributed by atoms with Gasteiger partial charge in [0.1, 0.15) is 0 Å². The molecule has 2 N–H and O–H groups in total. The standard InChI is InChI=1S/C20H31N3O2/c1-2-11-23-12-8-17(9-13-23)21-20(24)22-18-10-14-25-19(15-18)16-6-4-3-5-7-16/h3-7,17-19H,2,8-15H2,1H3,(H2,21,22,24)/t18-,19-/m0/s1. The van der Waals surface area contributed by atoms with Crippen molar-refractivity contribution < 1.29 is 9.53 Å². The van der Waals surface area contributed by atoms with Crippen molar-refractivity contribution in [3.8, 4) is 0 Å². The van der Waals surface area contributed by atoms with Gasteiger partial charge in [0.15, 0.2) is 0 Å². The second-order valence-corrected chi connectivity index (χ2v) is 7.23. The van der Waals surface area contributed by atoms with Gasteiger partial charge in [-0.05, 0) is 44.2 Å². The summed E-state index contributed by atoms with van der Waals surface area (Å²) in [4.78, 5) is 14.8. The number of ether oxygens (including phenoxy) is 1. The summed E-state index contributed by atoms with van der Waals surface area (Å²) in [5.74, 6) is 0. The van der Waals surface area contributed by atoms with Crippen molar-refractivity contribution in [1.82, 2.24) is 15.5 Å². The maximum absolute atomic E-state index is 12.4. The molecule has 0 saturated carbocycles. The Balaban J connectivity index is 1.42. The minimum absolute atomic E-state index is 0.0207. The molecule has 25 heavy (non-hydrogen) atoms. The van der Waals surface area contributed by atoms with Gasteiger partial charge >= 0.3 is 6.03 Å². The van der Waals surface area contributed by atoms with Gasteiger partial charge in [-0.2, -0.15) is 0 Å². The summed E-state index contributed by atoms with van der Waals surface area (Å²) in [5, 5.41) is 6.32. The van der Waals surface area contributed by atoms with Gasteiger partial charge in [0.05, 0.1) is 6.10 Å². The molecule has 0 spiro atoms. The molecule has 0 unspecified atom stereocenters. The van der Waals surface area contributed by atoms with Crippen LogP contribution in [0.1, 0.15) is 50.7 Å². The number of benzene rings is 1. The van der Waals surface area contributed by atoms with Crippen molar-refractivity contribution >= 4 is 6.03 Å². The highest BCUT2D eigenvalue weighted by Crippen LogP contribution is 2.27. The molecule has 2 fully saturated rings. The van der Waals surface area contributed by atoms with Crippen LogP contribution in [0.2, 0.25) is 0 Å². The molecular weight excluding hydrogens is 314 g/mol. The number of piperidine rings is 1. The second kappa shape index (κ2) is 9.20. The number of hydrogen-bond acceptors (Lipinski definition) is 3. The van der Waals surface area contributed by atoms with E-state index < -0.39 is 0 Å². The summed E-state index contributed by atoms with van der Waals surface area (Å²) >= 11 is 0. The summed E-state index contributed by atoms with van der Waals surface area (Å²) in [6.45, 7) is 6.26. The van der Waals surface area contributed by atoms with Crippen LogP contribution in [0.3, 0.4) is 0 Å². The van der Waals surface area contributed by atoms with Crippen LogP contribution in [0.25, 0.3) is 0 Å². The Labute approximate surface area is 151 Å². The molecule has 3 rings (SSSR count). The van der Waals surface area contributed by atoms with Crippen molar-refractivity contribution in [2.45, 2.75) is 57.2 Å². The summed E-state index contributed by atoms with van der Waals surface area (Å²) < 4.78 is 5.88. The first-order valence-corrected chi connectivity index (χ1v) is 9.70. The summed E-state index contributed by atoms with van der Waals surface area (Å²) in [6, 6.07) is 10.7. The third kappa shape index (κ3) is 5.44. The van der Waals surface area contributed by atoms with Gasteiger partial charge in [0.2, 0.25) is 0 Å². The highest BCUT2D eigenvalue weighted by Gasteiger charge is 2.26. The quantitative estimate of drug-likeness (QED) is 0.862. The zero-order valence-electron chi connectivity index (χ0n) is 15.2. The SMILES string of the molecule is CCCN1CCC(NC(=O)N[C@H]2CCO[C@H](c3ccccc3)C2)CC1. The second-order valence-electron chi connectivity index (χ2n) is 7.23. The maximum atomic E-state index is 12.4. The number of nitrogens with zero attached hydrogens (tertiary/aromatic N) is 1. The van der Waals surface area contributed by atoms with Gasteiger partial charge in [0, 0.05) is 31.8 Å². The number of hydrogen-bond donors (Lipinski definition) is 2. The summed E-state index contributed by atoms with van der Waals surface area (Å²) in [7, 11) is 0. The molecule has 0 aromatic heterocycles. The van der Waals surface area contributed by atoms with E-state index in [0.717, 1.165) is 38.8 Å². The highest BCUT2D eigenvalue weighted by molar-refractivity contribution is 5.74. The first kappa shape index (κ1) is 18.2. The Morgan fingerprint density at radius 1 is 1.12 bits per heavy atom. The number of nitrogens with one attached hydrogen (secondary N) is 2. The maximum Gasteiger partial charge on any atom is 0.315 e. The van der Waals surface area contributed by atoms with E-state index in [1.54, 1.807) is 0 Å². The summed E-state index contributed by atoms with van der Waals surface area (Å²) in [5.41, 5.74) is 1.19. The molecule has 5 nitrogen and oxygen atoms in total. The van der Waals surface area contributed by atoms with E-state index in [9.17, 15) is 4.79 Å². The Morgan fingerprint density at radius 3 is 2.56 bits per heavy atom. The molecule has 0 bridgehead atoms. The fourth-order valence-corrected chi connectivity index (χ4v) is 3.86. The van der Waals surface area contributed by atoms with Crippen LogP contribution in [0.5, 0.6) is 0 Å². The van der Waals surface area contributed by atoms with Gasteiger partial charge in [-0.3, -0.25) is 0 Å². The lowest BCUT2D eigenvalue weighted by Gasteiger charge is -2.33. The van der Waals surface area contributed by atoms with E-state index >= 15 is 0 Å². The molecule has 2 aliphatic rings. The number of carbonyl (C=O) groups excluding carboxylic acids is 1. The zero-order valence-corrected chi connectivity index (χ0v) is 15.2. The molecule has 5 heteroatoms. The molecule has 2 saturated heterocycles. The van der Waals surface area contributed by atoms with Crippen molar-refractivity contribution in [2.75, 3.05) is 26.2 Å². The van der Waals surface area contributed by atoms with E-state index in [1.165, 1.54) is 18.5 Å². The van der Waals surface area contributed by atoms with Crippen molar-refractivity contribution in [1.29, 1.82) is 0 Å².